The molecule has 7 heteroatoms. The van der Waals surface area contributed by atoms with Gasteiger partial charge in [0.2, 0.25) is 0 Å². The number of methoxy groups -OCH3 is 1. The number of hydrogen-bond donors (Lipinski definition) is 2. The van der Waals surface area contributed by atoms with E-state index in [1.807, 2.05) is 12.1 Å². The Balaban J connectivity index is 1.68. The number of aromatic nitrogens is 2. The Labute approximate surface area is 138 Å². The molecule has 1 aliphatic heterocycles. The Hall–Kier alpha value is -1.27. The van der Waals surface area contributed by atoms with Crippen LogP contribution in [0.3, 0.4) is 0 Å². The highest BCUT2D eigenvalue weighted by Gasteiger charge is 2.30. The van der Waals surface area contributed by atoms with Crippen molar-refractivity contribution >= 4 is 23.2 Å². The number of H-pyrrole nitrogens is 1. The molecule has 2 aromatic rings. The van der Waals surface area contributed by atoms with Crippen molar-refractivity contribution in [2.45, 2.75) is 25.1 Å². The number of rotatable bonds is 5. The van der Waals surface area contributed by atoms with Crippen molar-refractivity contribution in [2.75, 3.05) is 13.7 Å². The molecule has 1 aliphatic rings. The molecule has 1 saturated heterocycles. The fourth-order valence-electron chi connectivity index (χ4n) is 2.63. The average molecular weight is 342 g/mol. The van der Waals surface area contributed by atoms with Crippen LogP contribution in [-0.4, -0.2) is 30.0 Å². The molecule has 1 aromatic carbocycles. The maximum absolute atomic E-state index is 6.28. The molecule has 0 saturated carbocycles. The summed E-state index contributed by atoms with van der Waals surface area (Å²) in [6.45, 7) is 1.33. The van der Waals surface area contributed by atoms with Crippen LogP contribution in [0.4, 0.5) is 0 Å². The van der Waals surface area contributed by atoms with Gasteiger partial charge in [0.05, 0.1) is 17.8 Å². The Kier molecular flexibility index (Phi) is 4.88. The number of aromatic amines is 1. The van der Waals surface area contributed by atoms with E-state index in [1.54, 1.807) is 19.4 Å². The molecule has 0 unspecified atom stereocenters. The molecule has 0 spiro atoms. The first-order chi connectivity index (χ1) is 10.7. The van der Waals surface area contributed by atoms with Gasteiger partial charge in [0.15, 0.2) is 0 Å². The largest absolute Gasteiger partial charge is 0.495 e. The maximum Gasteiger partial charge on any atom is 0.138 e. The normalized spacial score (nSPS) is 21.2. The van der Waals surface area contributed by atoms with Crippen LogP contribution in [0.25, 0.3) is 0 Å². The van der Waals surface area contributed by atoms with E-state index in [2.05, 4.69) is 15.5 Å². The number of nitrogens with one attached hydrogen (secondary N) is 2. The Bertz CT molecular complexity index is 634. The van der Waals surface area contributed by atoms with Crippen LogP contribution in [0.15, 0.2) is 24.4 Å². The van der Waals surface area contributed by atoms with Gasteiger partial charge < -0.3 is 14.8 Å². The minimum absolute atomic E-state index is 0.0185. The quantitative estimate of drug-likeness (QED) is 0.875. The third-order valence-corrected chi connectivity index (χ3v) is 4.44. The summed E-state index contributed by atoms with van der Waals surface area (Å²) in [5, 5.41) is 11.6. The van der Waals surface area contributed by atoms with Crippen LogP contribution in [0.2, 0.25) is 10.0 Å². The number of benzene rings is 1. The van der Waals surface area contributed by atoms with E-state index in [1.165, 1.54) is 0 Å². The third-order valence-electron chi connectivity index (χ3n) is 3.80. The Morgan fingerprint density at radius 1 is 1.41 bits per heavy atom. The minimum Gasteiger partial charge on any atom is -0.495 e. The Morgan fingerprint density at radius 2 is 2.27 bits per heavy atom. The first-order valence-corrected chi connectivity index (χ1v) is 7.81. The average Bonchev–Trinajstić information content (AvgIpc) is 3.17. The van der Waals surface area contributed by atoms with Gasteiger partial charge in [0, 0.05) is 36.5 Å². The van der Waals surface area contributed by atoms with Crippen molar-refractivity contribution in [1.82, 2.24) is 15.5 Å². The summed E-state index contributed by atoms with van der Waals surface area (Å²) in [6, 6.07) is 5.70. The van der Waals surface area contributed by atoms with Crippen LogP contribution in [0.5, 0.6) is 5.75 Å². The molecule has 0 radical (unpaired) electrons. The van der Waals surface area contributed by atoms with Crippen LogP contribution in [0, 0.1) is 0 Å². The van der Waals surface area contributed by atoms with E-state index < -0.39 is 0 Å². The first-order valence-electron chi connectivity index (χ1n) is 7.05. The van der Waals surface area contributed by atoms with Gasteiger partial charge in [-0.3, -0.25) is 5.10 Å². The standard InChI is InChI=1S/C15H17Cl2N3O2/c1-21-14-7-10(16)9(6-11(14)17)8-18-12-3-5-22-15(12)13-2-4-19-20-13/h2,4,6-7,12,15,18H,3,5,8H2,1H3,(H,19,20)/t12-,15-/m0/s1. The predicted octanol–water partition coefficient (Wildman–Crippen LogP) is 3.34. The molecule has 3 rings (SSSR count). The van der Waals surface area contributed by atoms with Crippen LogP contribution in [0.1, 0.15) is 23.8 Å². The highest BCUT2D eigenvalue weighted by molar-refractivity contribution is 6.34. The zero-order valence-electron chi connectivity index (χ0n) is 12.1. The second kappa shape index (κ2) is 6.87. The molecular formula is C15H17Cl2N3O2. The number of halogens is 2. The van der Waals surface area contributed by atoms with Crippen molar-refractivity contribution < 1.29 is 9.47 Å². The fraction of sp³-hybridized carbons (Fsp3) is 0.400. The molecule has 118 valence electrons. The van der Waals surface area contributed by atoms with E-state index in [-0.39, 0.29) is 12.1 Å². The highest BCUT2D eigenvalue weighted by Crippen LogP contribution is 2.32. The molecule has 2 heterocycles. The molecule has 5 nitrogen and oxygen atoms in total. The molecule has 2 atom stereocenters. The SMILES string of the molecule is COc1cc(Cl)c(CN[C@H]2CCO[C@@H]2c2ccn[nH]2)cc1Cl. The lowest BCUT2D eigenvalue weighted by Gasteiger charge is -2.19. The summed E-state index contributed by atoms with van der Waals surface area (Å²) in [5.41, 5.74) is 1.91. The number of ether oxygens (including phenoxy) is 2. The summed E-state index contributed by atoms with van der Waals surface area (Å²) in [5.74, 6) is 0.579. The summed E-state index contributed by atoms with van der Waals surface area (Å²) in [6.07, 6.45) is 2.65. The summed E-state index contributed by atoms with van der Waals surface area (Å²) >= 11 is 12.4. The molecule has 22 heavy (non-hydrogen) atoms. The van der Waals surface area contributed by atoms with Crippen molar-refractivity contribution in [1.29, 1.82) is 0 Å². The highest BCUT2D eigenvalue weighted by atomic mass is 35.5. The second-order valence-corrected chi connectivity index (χ2v) is 5.97. The van der Waals surface area contributed by atoms with Gasteiger partial charge in [0.25, 0.3) is 0 Å². The minimum atomic E-state index is -0.0185. The zero-order chi connectivity index (χ0) is 15.5. The zero-order valence-corrected chi connectivity index (χ0v) is 13.6. The number of hydrogen-bond acceptors (Lipinski definition) is 4. The summed E-state index contributed by atoms with van der Waals surface area (Å²) in [7, 11) is 1.57. The van der Waals surface area contributed by atoms with Gasteiger partial charge >= 0.3 is 0 Å². The van der Waals surface area contributed by atoms with Crippen molar-refractivity contribution in [3.05, 3.63) is 45.7 Å². The maximum atomic E-state index is 6.28. The lowest BCUT2D eigenvalue weighted by molar-refractivity contribution is 0.0950. The van der Waals surface area contributed by atoms with Crippen LogP contribution in [-0.2, 0) is 11.3 Å². The third kappa shape index (κ3) is 3.22. The first kappa shape index (κ1) is 15.6. The van der Waals surface area contributed by atoms with E-state index >= 15 is 0 Å². The molecule has 1 aromatic heterocycles. The van der Waals surface area contributed by atoms with Gasteiger partial charge in [-0.05, 0) is 24.1 Å². The fourth-order valence-corrected chi connectivity index (χ4v) is 3.12. The lowest BCUT2D eigenvalue weighted by atomic mass is 10.1. The molecular weight excluding hydrogens is 325 g/mol. The van der Waals surface area contributed by atoms with Gasteiger partial charge in [-0.2, -0.15) is 5.10 Å². The molecule has 2 N–H and O–H groups in total. The molecule has 0 aliphatic carbocycles. The van der Waals surface area contributed by atoms with Gasteiger partial charge in [0.1, 0.15) is 11.9 Å². The van der Waals surface area contributed by atoms with Gasteiger partial charge in [-0.15, -0.1) is 0 Å². The van der Waals surface area contributed by atoms with Gasteiger partial charge in [-0.25, -0.2) is 0 Å². The van der Waals surface area contributed by atoms with Crippen LogP contribution < -0.4 is 10.1 Å². The number of nitrogens with zero attached hydrogens (tertiary/aromatic N) is 1. The van der Waals surface area contributed by atoms with E-state index in [4.69, 9.17) is 32.7 Å². The smallest absolute Gasteiger partial charge is 0.138 e. The van der Waals surface area contributed by atoms with E-state index in [0.717, 1.165) is 24.3 Å². The summed E-state index contributed by atoms with van der Waals surface area (Å²) in [4.78, 5) is 0. The van der Waals surface area contributed by atoms with Crippen molar-refractivity contribution in [3.63, 3.8) is 0 Å². The predicted molar refractivity (Wildman–Crippen MR) is 85.5 cm³/mol. The molecule has 0 bridgehead atoms. The van der Waals surface area contributed by atoms with Crippen molar-refractivity contribution in [3.8, 4) is 5.75 Å². The topological polar surface area (TPSA) is 59.2 Å². The van der Waals surface area contributed by atoms with E-state index in [0.29, 0.717) is 22.3 Å². The Morgan fingerprint density at radius 3 is 3.00 bits per heavy atom. The lowest BCUT2D eigenvalue weighted by Crippen LogP contribution is -2.31. The monoisotopic (exact) mass is 341 g/mol. The summed E-state index contributed by atoms with van der Waals surface area (Å²) < 4.78 is 10.9. The van der Waals surface area contributed by atoms with Gasteiger partial charge in [-0.1, -0.05) is 23.2 Å². The molecule has 1 fully saturated rings. The van der Waals surface area contributed by atoms with E-state index in [9.17, 15) is 0 Å². The van der Waals surface area contributed by atoms with Crippen LogP contribution >= 0.6 is 23.2 Å². The molecule has 0 amide bonds. The van der Waals surface area contributed by atoms with Crippen molar-refractivity contribution in [2.24, 2.45) is 0 Å². The second-order valence-electron chi connectivity index (χ2n) is 5.16.